The van der Waals surface area contributed by atoms with Crippen LogP contribution in [-0.2, 0) is 26.0 Å². The number of hydrogen-bond donors (Lipinski definition) is 1. The molecular formula is C21H28N2O4S. The molecule has 1 atom stereocenters. The van der Waals surface area contributed by atoms with E-state index in [1.807, 2.05) is 26.0 Å². The van der Waals surface area contributed by atoms with E-state index in [1.165, 1.54) is 4.31 Å². The zero-order valence-corrected chi connectivity index (χ0v) is 17.6. The van der Waals surface area contributed by atoms with Gasteiger partial charge in [0.15, 0.2) is 0 Å². The lowest BCUT2D eigenvalue weighted by Gasteiger charge is -2.27. The zero-order valence-electron chi connectivity index (χ0n) is 16.8. The van der Waals surface area contributed by atoms with Crippen LogP contribution in [0.15, 0.2) is 53.4 Å². The normalized spacial score (nSPS) is 12.4. The fourth-order valence-electron chi connectivity index (χ4n) is 2.93. The number of nitrogens with one attached hydrogen (secondary N) is 1. The van der Waals surface area contributed by atoms with Gasteiger partial charge >= 0.3 is 0 Å². The van der Waals surface area contributed by atoms with Crippen LogP contribution in [0.5, 0.6) is 0 Å². The van der Waals surface area contributed by atoms with Crippen LogP contribution < -0.4 is 9.62 Å². The molecule has 0 saturated heterocycles. The monoisotopic (exact) mass is 404 g/mol. The lowest BCUT2D eigenvalue weighted by Crippen LogP contribution is -2.45. The highest BCUT2D eigenvalue weighted by atomic mass is 32.2. The van der Waals surface area contributed by atoms with Crippen LogP contribution in [-0.4, -0.2) is 40.6 Å². The topological polar surface area (TPSA) is 75.7 Å². The van der Waals surface area contributed by atoms with Crippen molar-refractivity contribution in [3.63, 3.8) is 0 Å². The van der Waals surface area contributed by atoms with Gasteiger partial charge in [-0.2, -0.15) is 0 Å². The number of ether oxygens (including phenoxy) is 1. The van der Waals surface area contributed by atoms with Crippen molar-refractivity contribution in [1.29, 1.82) is 0 Å². The minimum Gasteiger partial charge on any atom is -0.383 e. The number of methoxy groups -OCH3 is 1. The van der Waals surface area contributed by atoms with Crippen LogP contribution in [0, 0.1) is 6.92 Å². The van der Waals surface area contributed by atoms with Crippen molar-refractivity contribution < 1.29 is 17.9 Å². The summed E-state index contributed by atoms with van der Waals surface area (Å²) in [5.41, 5.74) is 2.33. The van der Waals surface area contributed by atoms with Gasteiger partial charge in [0.1, 0.15) is 6.54 Å². The Morgan fingerprint density at radius 3 is 2.39 bits per heavy atom. The van der Waals surface area contributed by atoms with Crippen molar-refractivity contribution >= 4 is 21.6 Å². The molecule has 0 bridgehead atoms. The minimum atomic E-state index is -3.91. The third-order valence-corrected chi connectivity index (χ3v) is 6.14. The van der Waals surface area contributed by atoms with Gasteiger partial charge in [0, 0.05) is 13.2 Å². The smallest absolute Gasteiger partial charge is 0.264 e. The van der Waals surface area contributed by atoms with E-state index in [0.717, 1.165) is 11.1 Å². The summed E-state index contributed by atoms with van der Waals surface area (Å²) in [6.45, 7) is 5.70. The fraction of sp³-hybridized carbons (Fsp3) is 0.381. The van der Waals surface area contributed by atoms with E-state index < -0.39 is 10.0 Å². The highest BCUT2D eigenvalue weighted by Crippen LogP contribution is 2.27. The Hall–Kier alpha value is -2.38. The summed E-state index contributed by atoms with van der Waals surface area (Å²) in [6.07, 6.45) is 0.651. The van der Waals surface area contributed by atoms with Crippen LogP contribution >= 0.6 is 0 Å². The molecule has 1 amide bonds. The predicted molar refractivity (Wildman–Crippen MR) is 111 cm³/mol. The number of para-hydroxylation sites is 1. The number of carbonyl (C=O) groups is 1. The van der Waals surface area contributed by atoms with Crippen molar-refractivity contribution in [2.45, 2.75) is 38.1 Å². The highest BCUT2D eigenvalue weighted by molar-refractivity contribution is 7.92. The van der Waals surface area contributed by atoms with Gasteiger partial charge in [0.25, 0.3) is 10.0 Å². The van der Waals surface area contributed by atoms with Crippen LogP contribution in [0.3, 0.4) is 0 Å². The maximum absolute atomic E-state index is 13.4. The molecule has 0 unspecified atom stereocenters. The molecule has 0 aromatic heterocycles. The first-order valence-electron chi connectivity index (χ1n) is 9.25. The quantitative estimate of drug-likeness (QED) is 0.697. The van der Waals surface area contributed by atoms with E-state index in [4.69, 9.17) is 4.74 Å². The third-order valence-electron chi connectivity index (χ3n) is 4.36. The number of benzene rings is 2. The van der Waals surface area contributed by atoms with Gasteiger partial charge < -0.3 is 10.1 Å². The number of aryl methyl sites for hydroxylation is 2. The third kappa shape index (κ3) is 5.33. The standard InChI is InChI=1S/C21H28N2O4S/c1-5-18-8-6-7-9-20(18)23(14-21(24)22-17(3)15-27-4)28(25,26)19-12-10-16(2)11-13-19/h6-13,17H,5,14-15H2,1-4H3,(H,22,24)/t17-/m1/s1. The largest absolute Gasteiger partial charge is 0.383 e. The minimum absolute atomic E-state index is 0.154. The summed E-state index contributed by atoms with van der Waals surface area (Å²) in [4.78, 5) is 12.7. The Morgan fingerprint density at radius 2 is 1.79 bits per heavy atom. The number of rotatable bonds is 9. The Bertz CT molecular complexity index is 895. The summed E-state index contributed by atoms with van der Waals surface area (Å²) < 4.78 is 33.0. The van der Waals surface area contributed by atoms with Gasteiger partial charge in [0.05, 0.1) is 17.2 Å². The van der Waals surface area contributed by atoms with Crippen molar-refractivity contribution in [3.05, 3.63) is 59.7 Å². The molecule has 2 rings (SSSR count). The average Bonchev–Trinajstić information content (AvgIpc) is 2.66. The number of sulfonamides is 1. The lowest BCUT2D eigenvalue weighted by atomic mass is 10.1. The van der Waals surface area contributed by atoms with Crippen molar-refractivity contribution in [3.8, 4) is 0 Å². The van der Waals surface area contributed by atoms with Crippen LogP contribution in [0.4, 0.5) is 5.69 Å². The van der Waals surface area contributed by atoms with E-state index in [1.54, 1.807) is 50.4 Å². The molecule has 0 aliphatic rings. The predicted octanol–water partition coefficient (Wildman–Crippen LogP) is 2.90. The number of nitrogens with zero attached hydrogens (tertiary/aromatic N) is 1. The number of hydrogen-bond acceptors (Lipinski definition) is 4. The molecule has 0 fully saturated rings. The molecule has 0 heterocycles. The molecule has 1 N–H and O–H groups in total. The molecule has 0 aliphatic carbocycles. The molecule has 0 spiro atoms. The molecule has 152 valence electrons. The molecule has 0 aliphatic heterocycles. The van der Waals surface area contributed by atoms with E-state index in [0.29, 0.717) is 18.7 Å². The molecule has 2 aromatic carbocycles. The Balaban J connectivity index is 2.44. The van der Waals surface area contributed by atoms with Gasteiger partial charge in [-0.25, -0.2) is 8.42 Å². The molecule has 2 aromatic rings. The van der Waals surface area contributed by atoms with Gasteiger partial charge in [-0.3, -0.25) is 9.10 Å². The van der Waals surface area contributed by atoms with Gasteiger partial charge in [0.2, 0.25) is 5.91 Å². The first-order chi connectivity index (χ1) is 13.3. The Labute approximate surface area is 167 Å². The van der Waals surface area contributed by atoms with Crippen molar-refractivity contribution in [2.24, 2.45) is 0 Å². The summed E-state index contributed by atoms with van der Waals surface area (Å²) in [5, 5.41) is 2.78. The number of anilines is 1. The first kappa shape index (κ1) is 21.9. The number of carbonyl (C=O) groups excluding carboxylic acids is 1. The molecular weight excluding hydrogens is 376 g/mol. The summed E-state index contributed by atoms with van der Waals surface area (Å²) in [5.74, 6) is -0.383. The molecule has 0 saturated carbocycles. The Morgan fingerprint density at radius 1 is 1.14 bits per heavy atom. The van der Waals surface area contributed by atoms with Gasteiger partial charge in [-0.15, -0.1) is 0 Å². The maximum atomic E-state index is 13.4. The first-order valence-corrected chi connectivity index (χ1v) is 10.7. The molecule has 6 nitrogen and oxygen atoms in total. The molecule has 28 heavy (non-hydrogen) atoms. The van der Waals surface area contributed by atoms with Crippen LogP contribution in [0.2, 0.25) is 0 Å². The highest BCUT2D eigenvalue weighted by Gasteiger charge is 2.28. The SMILES string of the molecule is CCc1ccccc1N(CC(=O)N[C@H](C)COC)S(=O)(=O)c1ccc(C)cc1. The second-order valence-electron chi connectivity index (χ2n) is 6.73. The molecule has 7 heteroatoms. The van der Waals surface area contributed by atoms with Gasteiger partial charge in [-0.1, -0.05) is 42.8 Å². The van der Waals surface area contributed by atoms with E-state index in [-0.39, 0.29) is 23.4 Å². The van der Waals surface area contributed by atoms with Crippen LogP contribution in [0.1, 0.15) is 25.0 Å². The van der Waals surface area contributed by atoms with E-state index in [9.17, 15) is 13.2 Å². The second-order valence-corrected chi connectivity index (χ2v) is 8.59. The van der Waals surface area contributed by atoms with Crippen molar-refractivity contribution in [1.82, 2.24) is 5.32 Å². The van der Waals surface area contributed by atoms with Crippen molar-refractivity contribution in [2.75, 3.05) is 24.6 Å². The maximum Gasteiger partial charge on any atom is 0.264 e. The fourth-order valence-corrected chi connectivity index (χ4v) is 4.39. The summed E-state index contributed by atoms with van der Waals surface area (Å²) in [6, 6.07) is 13.7. The van der Waals surface area contributed by atoms with E-state index in [2.05, 4.69) is 5.32 Å². The average molecular weight is 405 g/mol. The van der Waals surface area contributed by atoms with Gasteiger partial charge in [-0.05, 0) is 44.0 Å². The Kier molecular flexibility index (Phi) is 7.60. The molecule has 0 radical (unpaired) electrons. The summed E-state index contributed by atoms with van der Waals surface area (Å²) >= 11 is 0. The van der Waals surface area contributed by atoms with Crippen LogP contribution in [0.25, 0.3) is 0 Å². The summed E-state index contributed by atoms with van der Waals surface area (Å²) in [7, 11) is -2.36. The number of amides is 1. The lowest BCUT2D eigenvalue weighted by molar-refractivity contribution is -0.120. The zero-order chi connectivity index (χ0) is 20.7. The van der Waals surface area contributed by atoms with E-state index >= 15 is 0 Å². The second kappa shape index (κ2) is 9.71.